The Morgan fingerprint density at radius 1 is 1.25 bits per heavy atom. The summed E-state index contributed by atoms with van der Waals surface area (Å²) in [5.74, 6) is -0.500. The summed E-state index contributed by atoms with van der Waals surface area (Å²) in [6.45, 7) is 6.13. The molecule has 0 spiro atoms. The number of carbonyl (C=O) groups is 1. The number of nitrogens with zero attached hydrogens (tertiary/aromatic N) is 4. The largest absolute Gasteiger partial charge is 0.348 e. The highest BCUT2D eigenvalue weighted by Crippen LogP contribution is 2.21. The summed E-state index contributed by atoms with van der Waals surface area (Å²) in [4.78, 5) is 32.1. The summed E-state index contributed by atoms with van der Waals surface area (Å²) < 4.78 is 1.21. The van der Waals surface area contributed by atoms with Crippen LogP contribution in [0.15, 0.2) is 35.3 Å². The topological polar surface area (TPSA) is 79.6 Å². The van der Waals surface area contributed by atoms with Gasteiger partial charge < -0.3 is 10.2 Å². The van der Waals surface area contributed by atoms with Crippen LogP contribution in [-0.4, -0.2) is 33.6 Å². The predicted octanol–water partition coefficient (Wildman–Crippen LogP) is 3.36. The third-order valence-electron chi connectivity index (χ3n) is 4.18. The summed E-state index contributed by atoms with van der Waals surface area (Å²) in [5, 5.41) is 8.43. The van der Waals surface area contributed by atoms with Gasteiger partial charge in [-0.25, -0.2) is 4.98 Å². The molecular formula is C19H22ClN5O2S. The Hall–Kier alpha value is -2.45. The van der Waals surface area contributed by atoms with Crippen molar-refractivity contribution in [2.75, 3.05) is 18.0 Å². The van der Waals surface area contributed by atoms with Gasteiger partial charge in [-0.05, 0) is 24.5 Å². The van der Waals surface area contributed by atoms with Gasteiger partial charge in [-0.3, -0.25) is 9.59 Å². The van der Waals surface area contributed by atoms with Crippen LogP contribution in [0, 0.1) is 0 Å². The monoisotopic (exact) mass is 419 g/mol. The van der Waals surface area contributed by atoms with Crippen LogP contribution < -0.4 is 15.8 Å². The standard InChI is InChI=1S/C19H22ClN5O2S/c1-3-9-24(10-4-2)19-23-25-17(27)14(12-22-18(25)28-19)16(26)21-11-13-7-5-6-8-15(13)20/h5-8,12H,3-4,9-11H2,1-2H3,(H,21,26). The molecule has 0 saturated carbocycles. The van der Waals surface area contributed by atoms with Crippen molar-refractivity contribution in [3.05, 3.63) is 57.0 Å². The lowest BCUT2D eigenvalue weighted by molar-refractivity contribution is 0.0948. The molecule has 2 heterocycles. The molecule has 3 rings (SSSR count). The number of amides is 1. The lowest BCUT2D eigenvalue weighted by Crippen LogP contribution is -2.31. The molecule has 0 aliphatic carbocycles. The maximum atomic E-state index is 12.8. The maximum absolute atomic E-state index is 12.8. The molecule has 1 amide bonds. The van der Waals surface area contributed by atoms with Crippen LogP contribution in [0.2, 0.25) is 5.02 Å². The second kappa shape index (κ2) is 9.16. The van der Waals surface area contributed by atoms with Crippen LogP contribution in [0.1, 0.15) is 42.6 Å². The normalized spacial score (nSPS) is 11.0. The second-order valence-corrected chi connectivity index (χ2v) is 7.66. The quantitative estimate of drug-likeness (QED) is 0.605. The van der Waals surface area contributed by atoms with Gasteiger partial charge in [0.05, 0.1) is 0 Å². The molecular weight excluding hydrogens is 398 g/mol. The molecule has 0 fully saturated rings. The number of anilines is 1. The van der Waals surface area contributed by atoms with E-state index in [-0.39, 0.29) is 12.1 Å². The van der Waals surface area contributed by atoms with Gasteiger partial charge in [0, 0.05) is 30.9 Å². The molecule has 0 radical (unpaired) electrons. The fourth-order valence-corrected chi connectivity index (χ4v) is 3.93. The zero-order chi connectivity index (χ0) is 20.1. The molecule has 28 heavy (non-hydrogen) atoms. The summed E-state index contributed by atoms with van der Waals surface area (Å²) >= 11 is 7.45. The van der Waals surface area contributed by atoms with Crippen molar-refractivity contribution in [3.63, 3.8) is 0 Å². The van der Waals surface area contributed by atoms with Crippen molar-refractivity contribution in [1.82, 2.24) is 19.9 Å². The summed E-state index contributed by atoms with van der Waals surface area (Å²) in [6.07, 6.45) is 3.27. The zero-order valence-corrected chi connectivity index (χ0v) is 17.4. The number of halogens is 1. The van der Waals surface area contributed by atoms with Crippen LogP contribution >= 0.6 is 22.9 Å². The van der Waals surface area contributed by atoms with Gasteiger partial charge in [-0.15, -0.1) is 5.10 Å². The molecule has 7 nitrogen and oxygen atoms in total. The number of rotatable bonds is 8. The van der Waals surface area contributed by atoms with Gasteiger partial charge in [0.15, 0.2) is 0 Å². The first-order valence-corrected chi connectivity index (χ1v) is 10.4. The third kappa shape index (κ3) is 4.34. The minimum Gasteiger partial charge on any atom is -0.348 e. The lowest BCUT2D eigenvalue weighted by atomic mass is 10.2. The Bertz CT molecular complexity index is 1030. The second-order valence-electron chi connectivity index (χ2n) is 6.32. The number of fused-ring (bicyclic) bond motifs is 1. The molecule has 9 heteroatoms. The smallest absolute Gasteiger partial charge is 0.288 e. The summed E-state index contributed by atoms with van der Waals surface area (Å²) in [6, 6.07) is 7.23. The average molecular weight is 420 g/mol. The van der Waals surface area contributed by atoms with Crippen LogP contribution in [0.3, 0.4) is 0 Å². The van der Waals surface area contributed by atoms with Gasteiger partial charge in [-0.1, -0.05) is 55.0 Å². The van der Waals surface area contributed by atoms with Crippen molar-refractivity contribution in [2.45, 2.75) is 33.2 Å². The fourth-order valence-electron chi connectivity index (χ4n) is 2.81. The SMILES string of the molecule is CCCN(CCC)c1nn2c(=O)c(C(=O)NCc3ccccc3Cl)cnc2s1. The van der Waals surface area contributed by atoms with E-state index >= 15 is 0 Å². The zero-order valence-electron chi connectivity index (χ0n) is 15.8. The van der Waals surface area contributed by atoms with Crippen LogP contribution in [0.4, 0.5) is 5.13 Å². The maximum Gasteiger partial charge on any atom is 0.288 e. The molecule has 0 aliphatic rings. The van der Waals surface area contributed by atoms with E-state index in [1.807, 2.05) is 18.2 Å². The molecule has 0 unspecified atom stereocenters. The van der Waals surface area contributed by atoms with E-state index in [1.54, 1.807) is 6.07 Å². The molecule has 2 aromatic heterocycles. The third-order valence-corrected chi connectivity index (χ3v) is 5.53. The van der Waals surface area contributed by atoms with E-state index in [0.717, 1.165) is 36.6 Å². The van der Waals surface area contributed by atoms with Gasteiger partial charge in [0.1, 0.15) is 5.56 Å². The van der Waals surface area contributed by atoms with Crippen molar-refractivity contribution in [2.24, 2.45) is 0 Å². The molecule has 148 valence electrons. The predicted molar refractivity (Wildman–Crippen MR) is 113 cm³/mol. The van der Waals surface area contributed by atoms with Crippen LogP contribution in [0.25, 0.3) is 4.96 Å². The number of carbonyl (C=O) groups excluding carboxylic acids is 1. The Morgan fingerprint density at radius 2 is 1.96 bits per heavy atom. The fraction of sp³-hybridized carbons (Fsp3) is 0.368. The molecule has 0 atom stereocenters. The summed E-state index contributed by atoms with van der Waals surface area (Å²) in [5.41, 5.74) is 0.258. The van der Waals surface area contributed by atoms with Gasteiger partial charge in [0.2, 0.25) is 10.1 Å². The number of aromatic nitrogens is 3. The van der Waals surface area contributed by atoms with E-state index < -0.39 is 11.5 Å². The van der Waals surface area contributed by atoms with E-state index in [1.165, 1.54) is 22.0 Å². The Morgan fingerprint density at radius 3 is 2.64 bits per heavy atom. The highest BCUT2D eigenvalue weighted by Gasteiger charge is 2.18. The van der Waals surface area contributed by atoms with Crippen molar-refractivity contribution in [3.8, 4) is 0 Å². The van der Waals surface area contributed by atoms with E-state index in [9.17, 15) is 9.59 Å². The van der Waals surface area contributed by atoms with Gasteiger partial charge >= 0.3 is 0 Å². The molecule has 1 aromatic carbocycles. The highest BCUT2D eigenvalue weighted by molar-refractivity contribution is 7.20. The van der Waals surface area contributed by atoms with E-state index in [0.29, 0.717) is 9.98 Å². The van der Waals surface area contributed by atoms with E-state index in [4.69, 9.17) is 11.6 Å². The molecule has 3 aromatic rings. The number of hydrogen-bond acceptors (Lipinski definition) is 6. The van der Waals surface area contributed by atoms with Crippen LogP contribution in [-0.2, 0) is 6.54 Å². The molecule has 0 aliphatic heterocycles. The van der Waals surface area contributed by atoms with Crippen LogP contribution in [0.5, 0.6) is 0 Å². The first-order valence-electron chi connectivity index (χ1n) is 9.20. The Labute approximate surface area is 172 Å². The van der Waals surface area contributed by atoms with Gasteiger partial charge in [-0.2, -0.15) is 4.52 Å². The minimum atomic E-state index is -0.500. The molecule has 0 bridgehead atoms. The summed E-state index contributed by atoms with van der Waals surface area (Å²) in [7, 11) is 0. The number of nitrogens with one attached hydrogen (secondary N) is 1. The lowest BCUT2D eigenvalue weighted by Gasteiger charge is -2.19. The average Bonchev–Trinajstić information content (AvgIpc) is 3.12. The minimum absolute atomic E-state index is 0.0427. The first kappa shape index (κ1) is 20.3. The Kier molecular flexibility index (Phi) is 6.64. The number of benzene rings is 1. The number of hydrogen-bond donors (Lipinski definition) is 1. The van der Waals surface area contributed by atoms with Crippen molar-refractivity contribution < 1.29 is 4.79 Å². The van der Waals surface area contributed by atoms with Crippen molar-refractivity contribution >= 4 is 38.9 Å². The van der Waals surface area contributed by atoms with Crippen molar-refractivity contribution in [1.29, 1.82) is 0 Å². The van der Waals surface area contributed by atoms with E-state index in [2.05, 4.69) is 34.1 Å². The highest BCUT2D eigenvalue weighted by atomic mass is 35.5. The van der Waals surface area contributed by atoms with Gasteiger partial charge in [0.25, 0.3) is 11.5 Å². The Balaban J connectivity index is 1.84. The first-order chi connectivity index (χ1) is 13.5. The molecule has 0 saturated heterocycles. The molecule has 1 N–H and O–H groups in total.